The highest BCUT2D eigenvalue weighted by molar-refractivity contribution is 7.92. The SMILES string of the molecule is COC(=O)CC1CCN(c2cccc(S(=O)(=O)Nc3ccc(Cl)c(-c4c(C)cccc4C)n3)n2)CC1. The summed E-state index contributed by atoms with van der Waals surface area (Å²) in [6, 6.07) is 14.0. The van der Waals surface area contributed by atoms with E-state index >= 15 is 0 Å². The number of hydrogen-bond acceptors (Lipinski definition) is 7. The van der Waals surface area contributed by atoms with E-state index in [2.05, 4.69) is 14.7 Å². The van der Waals surface area contributed by atoms with Crippen LogP contribution in [0.5, 0.6) is 0 Å². The van der Waals surface area contributed by atoms with Crippen molar-refractivity contribution in [3.63, 3.8) is 0 Å². The molecule has 0 saturated carbocycles. The van der Waals surface area contributed by atoms with Gasteiger partial charge in [0, 0.05) is 25.1 Å². The number of rotatable bonds is 7. The molecular formula is C26H29ClN4O4S. The van der Waals surface area contributed by atoms with Crippen LogP contribution in [0.2, 0.25) is 5.02 Å². The van der Waals surface area contributed by atoms with Crippen LogP contribution in [-0.4, -0.2) is 44.6 Å². The molecule has 0 unspecified atom stereocenters. The van der Waals surface area contributed by atoms with Gasteiger partial charge in [-0.05, 0) is 68.0 Å². The van der Waals surface area contributed by atoms with Crippen molar-refractivity contribution >= 4 is 39.2 Å². The molecule has 2 aromatic heterocycles. The summed E-state index contributed by atoms with van der Waals surface area (Å²) >= 11 is 6.43. The minimum absolute atomic E-state index is 0.0953. The van der Waals surface area contributed by atoms with Gasteiger partial charge in [-0.15, -0.1) is 0 Å². The molecule has 1 fully saturated rings. The zero-order chi connectivity index (χ0) is 25.9. The zero-order valence-corrected chi connectivity index (χ0v) is 22.1. The number of nitrogens with one attached hydrogen (secondary N) is 1. The van der Waals surface area contributed by atoms with Crippen LogP contribution < -0.4 is 9.62 Å². The fourth-order valence-corrected chi connectivity index (χ4v) is 5.63. The molecule has 1 N–H and O–H groups in total. The third-order valence-corrected chi connectivity index (χ3v) is 7.97. The second-order valence-electron chi connectivity index (χ2n) is 8.94. The molecule has 0 atom stereocenters. The molecule has 3 heterocycles. The van der Waals surface area contributed by atoms with Crippen molar-refractivity contribution in [1.29, 1.82) is 0 Å². The third-order valence-electron chi connectivity index (χ3n) is 6.41. The predicted octanol–water partition coefficient (Wildman–Crippen LogP) is 4.99. The number of piperidine rings is 1. The maximum Gasteiger partial charge on any atom is 0.305 e. The lowest BCUT2D eigenvalue weighted by Gasteiger charge is -2.32. The van der Waals surface area contributed by atoms with Crippen LogP contribution in [0.3, 0.4) is 0 Å². The van der Waals surface area contributed by atoms with Crippen LogP contribution in [0.25, 0.3) is 11.3 Å². The Labute approximate surface area is 216 Å². The van der Waals surface area contributed by atoms with Crippen molar-refractivity contribution in [2.24, 2.45) is 5.92 Å². The number of benzene rings is 1. The number of carbonyl (C=O) groups excluding carboxylic acids is 1. The number of hydrogen-bond donors (Lipinski definition) is 1. The van der Waals surface area contributed by atoms with Gasteiger partial charge in [-0.25, -0.2) is 9.97 Å². The smallest absolute Gasteiger partial charge is 0.305 e. The summed E-state index contributed by atoms with van der Waals surface area (Å²) in [7, 11) is -2.60. The molecule has 3 aromatic rings. The molecule has 0 spiro atoms. The summed E-state index contributed by atoms with van der Waals surface area (Å²) < 4.78 is 33.7. The second-order valence-corrected chi connectivity index (χ2v) is 11.0. The highest BCUT2D eigenvalue weighted by Gasteiger charge is 2.24. The third kappa shape index (κ3) is 5.79. The Kier molecular flexibility index (Phi) is 7.80. The van der Waals surface area contributed by atoms with Gasteiger partial charge in [0.2, 0.25) is 0 Å². The van der Waals surface area contributed by atoms with E-state index in [0.29, 0.717) is 36.0 Å². The van der Waals surface area contributed by atoms with E-state index in [9.17, 15) is 13.2 Å². The normalized spacial score (nSPS) is 14.5. The van der Waals surface area contributed by atoms with Gasteiger partial charge in [-0.1, -0.05) is 35.9 Å². The van der Waals surface area contributed by atoms with Gasteiger partial charge >= 0.3 is 5.97 Å². The van der Waals surface area contributed by atoms with Gasteiger partial charge in [-0.2, -0.15) is 8.42 Å². The molecule has 0 amide bonds. The lowest BCUT2D eigenvalue weighted by atomic mass is 9.93. The number of sulfonamides is 1. The van der Waals surface area contributed by atoms with E-state index in [1.165, 1.54) is 19.2 Å². The highest BCUT2D eigenvalue weighted by atomic mass is 35.5. The number of aryl methyl sites for hydroxylation is 2. The van der Waals surface area contributed by atoms with Crippen molar-refractivity contribution < 1.29 is 17.9 Å². The minimum atomic E-state index is -3.99. The Hall–Kier alpha value is -3.17. The van der Waals surface area contributed by atoms with Crippen molar-refractivity contribution in [3.8, 4) is 11.3 Å². The average molecular weight is 529 g/mol. The van der Waals surface area contributed by atoms with Gasteiger partial charge in [0.15, 0.2) is 5.03 Å². The molecule has 4 rings (SSSR count). The molecule has 8 nitrogen and oxygen atoms in total. The second kappa shape index (κ2) is 10.8. The number of aromatic nitrogens is 2. The lowest BCUT2D eigenvalue weighted by Crippen LogP contribution is -2.35. The highest BCUT2D eigenvalue weighted by Crippen LogP contribution is 2.33. The summed E-state index contributed by atoms with van der Waals surface area (Å²) in [6.45, 7) is 5.29. The molecule has 0 aliphatic carbocycles. The number of carbonyl (C=O) groups is 1. The fourth-order valence-electron chi connectivity index (χ4n) is 4.47. The van der Waals surface area contributed by atoms with Crippen molar-refractivity contribution in [3.05, 3.63) is 64.7 Å². The fraction of sp³-hybridized carbons (Fsp3) is 0.346. The van der Waals surface area contributed by atoms with E-state index in [1.807, 2.05) is 36.9 Å². The lowest BCUT2D eigenvalue weighted by molar-refractivity contribution is -0.141. The summed E-state index contributed by atoms with van der Waals surface area (Å²) in [5.74, 6) is 0.786. The van der Waals surface area contributed by atoms with Gasteiger partial charge in [0.1, 0.15) is 11.6 Å². The van der Waals surface area contributed by atoms with Gasteiger partial charge in [0.05, 0.1) is 17.8 Å². The van der Waals surface area contributed by atoms with Gasteiger partial charge < -0.3 is 9.64 Å². The summed E-state index contributed by atoms with van der Waals surface area (Å²) in [5, 5.41) is 0.341. The largest absolute Gasteiger partial charge is 0.469 e. The number of pyridine rings is 2. The van der Waals surface area contributed by atoms with Crippen LogP contribution in [0.1, 0.15) is 30.4 Å². The van der Waals surface area contributed by atoms with Gasteiger partial charge in [0.25, 0.3) is 10.0 Å². The molecule has 1 aliphatic heterocycles. The Morgan fingerprint density at radius 1 is 1.06 bits per heavy atom. The first-order valence-electron chi connectivity index (χ1n) is 11.7. The molecular weight excluding hydrogens is 500 g/mol. The van der Waals surface area contributed by atoms with Crippen LogP contribution in [0.15, 0.2) is 53.6 Å². The number of halogens is 1. The molecule has 0 bridgehead atoms. The molecule has 1 aromatic carbocycles. The van der Waals surface area contributed by atoms with Crippen molar-refractivity contribution in [2.75, 3.05) is 29.8 Å². The molecule has 0 radical (unpaired) electrons. The first-order valence-corrected chi connectivity index (χ1v) is 13.6. The number of anilines is 2. The molecule has 1 aliphatic rings. The average Bonchev–Trinajstić information content (AvgIpc) is 2.86. The summed E-state index contributed by atoms with van der Waals surface area (Å²) in [6.07, 6.45) is 2.01. The van der Waals surface area contributed by atoms with Crippen molar-refractivity contribution in [2.45, 2.75) is 38.1 Å². The van der Waals surface area contributed by atoms with E-state index in [4.69, 9.17) is 16.3 Å². The van der Waals surface area contributed by atoms with Crippen molar-refractivity contribution in [1.82, 2.24) is 9.97 Å². The predicted molar refractivity (Wildman–Crippen MR) is 141 cm³/mol. The van der Waals surface area contributed by atoms with E-state index in [-0.39, 0.29) is 22.7 Å². The maximum atomic E-state index is 13.2. The molecule has 190 valence electrons. The maximum absolute atomic E-state index is 13.2. The van der Waals surface area contributed by atoms with Crippen LogP contribution in [-0.2, 0) is 19.6 Å². The molecule has 1 saturated heterocycles. The zero-order valence-electron chi connectivity index (χ0n) is 20.5. The standard InChI is InChI=1S/C26H29ClN4O4S/c1-17-6-4-7-18(2)25(17)26-20(27)10-11-21(28-26)30-36(33,34)23-9-5-8-22(29-23)31-14-12-19(13-15-31)16-24(32)35-3/h4-11,19H,12-16H2,1-3H3,(H,28,30). The molecule has 36 heavy (non-hydrogen) atoms. The molecule has 10 heteroatoms. The van der Waals surface area contributed by atoms with E-state index in [1.54, 1.807) is 18.2 Å². The monoisotopic (exact) mass is 528 g/mol. The Balaban J connectivity index is 1.53. The first-order chi connectivity index (χ1) is 17.2. The summed E-state index contributed by atoms with van der Waals surface area (Å²) in [5.41, 5.74) is 3.38. The van der Waals surface area contributed by atoms with Gasteiger partial charge in [-0.3, -0.25) is 9.52 Å². The number of ether oxygens (including phenoxy) is 1. The first kappa shape index (κ1) is 25.9. The summed E-state index contributed by atoms with van der Waals surface area (Å²) in [4.78, 5) is 22.5. The number of nitrogens with zero attached hydrogens (tertiary/aromatic N) is 3. The van der Waals surface area contributed by atoms with E-state index in [0.717, 1.165) is 29.5 Å². The Morgan fingerprint density at radius 3 is 2.39 bits per heavy atom. The van der Waals surface area contributed by atoms with Crippen LogP contribution in [0.4, 0.5) is 11.6 Å². The van der Waals surface area contributed by atoms with Crippen LogP contribution >= 0.6 is 11.6 Å². The Bertz CT molecular complexity index is 1350. The van der Waals surface area contributed by atoms with Crippen LogP contribution in [0, 0.1) is 19.8 Å². The minimum Gasteiger partial charge on any atom is -0.469 e. The topological polar surface area (TPSA) is 101 Å². The number of methoxy groups -OCH3 is 1. The Morgan fingerprint density at radius 2 is 1.72 bits per heavy atom. The quantitative estimate of drug-likeness (QED) is 0.431. The number of esters is 1. The van der Waals surface area contributed by atoms with E-state index < -0.39 is 10.0 Å².